The van der Waals surface area contributed by atoms with Gasteiger partial charge in [0.2, 0.25) is 5.75 Å². The van der Waals surface area contributed by atoms with Crippen LogP contribution in [0.15, 0.2) is 36.4 Å². The Labute approximate surface area is 171 Å². The summed E-state index contributed by atoms with van der Waals surface area (Å²) in [5.41, 5.74) is 1.61. The molecule has 27 heavy (non-hydrogen) atoms. The van der Waals surface area contributed by atoms with E-state index in [0.29, 0.717) is 31.9 Å². The summed E-state index contributed by atoms with van der Waals surface area (Å²) in [6.45, 7) is 0. The number of rotatable bonds is 7. The minimum atomic E-state index is -0.445. The highest BCUT2D eigenvalue weighted by Crippen LogP contribution is 2.38. The molecular weight excluding hydrogens is 463 g/mol. The highest BCUT2D eigenvalue weighted by atomic mass is 127. The average Bonchev–Trinajstić information content (AvgIpc) is 2.70. The van der Waals surface area contributed by atoms with E-state index in [4.69, 9.17) is 14.2 Å². The maximum absolute atomic E-state index is 12.5. The molecular formula is C20H19IO6. The Kier molecular flexibility index (Phi) is 7.23. The van der Waals surface area contributed by atoms with E-state index in [1.54, 1.807) is 36.4 Å². The first-order valence-electron chi connectivity index (χ1n) is 7.85. The van der Waals surface area contributed by atoms with E-state index < -0.39 is 5.97 Å². The molecule has 142 valence electrons. The van der Waals surface area contributed by atoms with Gasteiger partial charge >= 0.3 is 5.97 Å². The zero-order valence-corrected chi connectivity index (χ0v) is 17.5. The van der Waals surface area contributed by atoms with E-state index in [9.17, 15) is 9.59 Å². The lowest BCUT2D eigenvalue weighted by Crippen LogP contribution is -2.04. The van der Waals surface area contributed by atoms with E-state index in [2.05, 4.69) is 4.74 Å². The highest BCUT2D eigenvalue weighted by Gasteiger charge is 2.14. The third-order valence-electron chi connectivity index (χ3n) is 3.77. The molecule has 0 bridgehead atoms. The molecule has 0 unspecified atom stereocenters. The number of carbonyl (C=O) groups excluding carboxylic acids is 2. The van der Waals surface area contributed by atoms with Crippen LogP contribution in [-0.4, -0.2) is 40.2 Å². The molecule has 2 rings (SSSR count). The van der Waals surface area contributed by atoms with E-state index >= 15 is 0 Å². The molecule has 7 heteroatoms. The molecule has 0 aromatic heterocycles. The Bertz CT molecular complexity index is 863. The number of benzene rings is 2. The Hall–Kier alpha value is -2.55. The summed E-state index contributed by atoms with van der Waals surface area (Å²) in [4.78, 5) is 24.1. The van der Waals surface area contributed by atoms with Crippen LogP contribution in [-0.2, 0) is 4.74 Å². The van der Waals surface area contributed by atoms with Gasteiger partial charge < -0.3 is 18.9 Å². The number of hydrogen-bond donors (Lipinski definition) is 0. The van der Waals surface area contributed by atoms with Gasteiger partial charge in [-0.05, 0) is 64.6 Å². The van der Waals surface area contributed by atoms with Gasteiger partial charge in [0.05, 0.1) is 34.0 Å². The minimum absolute atomic E-state index is 0.190. The molecule has 0 saturated carbocycles. The fraction of sp³-hybridized carbons (Fsp3) is 0.200. The van der Waals surface area contributed by atoms with Crippen LogP contribution in [0.4, 0.5) is 0 Å². The lowest BCUT2D eigenvalue weighted by Gasteiger charge is -2.12. The van der Waals surface area contributed by atoms with Crippen molar-refractivity contribution < 1.29 is 28.5 Å². The van der Waals surface area contributed by atoms with Gasteiger partial charge in [0, 0.05) is 9.13 Å². The zero-order chi connectivity index (χ0) is 20.0. The normalized spacial score (nSPS) is 10.6. The van der Waals surface area contributed by atoms with Crippen LogP contribution in [0.2, 0.25) is 0 Å². The van der Waals surface area contributed by atoms with Gasteiger partial charge in [-0.1, -0.05) is 6.08 Å². The largest absolute Gasteiger partial charge is 0.493 e. The number of ketones is 1. The van der Waals surface area contributed by atoms with Crippen LogP contribution in [0.1, 0.15) is 26.3 Å². The van der Waals surface area contributed by atoms with Gasteiger partial charge in [0.1, 0.15) is 0 Å². The third kappa shape index (κ3) is 4.79. The van der Waals surface area contributed by atoms with Crippen molar-refractivity contribution in [2.45, 2.75) is 0 Å². The van der Waals surface area contributed by atoms with Crippen LogP contribution in [0.5, 0.6) is 17.2 Å². The Morgan fingerprint density at radius 2 is 1.56 bits per heavy atom. The van der Waals surface area contributed by atoms with Crippen molar-refractivity contribution in [2.24, 2.45) is 0 Å². The molecule has 6 nitrogen and oxygen atoms in total. The summed E-state index contributed by atoms with van der Waals surface area (Å²) in [6, 6.07) is 8.28. The monoisotopic (exact) mass is 482 g/mol. The Balaban J connectivity index is 2.30. The predicted molar refractivity (Wildman–Crippen MR) is 110 cm³/mol. The molecule has 0 atom stereocenters. The molecule has 0 aliphatic rings. The lowest BCUT2D eigenvalue weighted by atomic mass is 10.1. The van der Waals surface area contributed by atoms with Gasteiger partial charge in [-0.15, -0.1) is 0 Å². The summed E-state index contributed by atoms with van der Waals surface area (Å²) in [6.07, 6.45) is 3.12. The average molecular weight is 482 g/mol. The topological polar surface area (TPSA) is 71.1 Å². The molecule has 0 heterocycles. The van der Waals surface area contributed by atoms with E-state index in [0.717, 1.165) is 5.56 Å². The summed E-state index contributed by atoms with van der Waals surface area (Å²) in [5.74, 6) is 0.850. The molecule has 2 aromatic carbocycles. The van der Waals surface area contributed by atoms with Crippen LogP contribution >= 0.6 is 22.6 Å². The maximum atomic E-state index is 12.5. The second kappa shape index (κ2) is 9.40. The zero-order valence-electron chi connectivity index (χ0n) is 15.4. The smallest absolute Gasteiger partial charge is 0.337 e. The van der Waals surface area contributed by atoms with Crippen molar-refractivity contribution in [1.82, 2.24) is 0 Å². The third-order valence-corrected chi connectivity index (χ3v) is 4.66. The number of hydrogen-bond acceptors (Lipinski definition) is 6. The number of carbonyl (C=O) groups is 2. The molecule has 0 aliphatic carbocycles. The fourth-order valence-electron chi connectivity index (χ4n) is 2.42. The second-order valence-corrected chi connectivity index (χ2v) is 6.50. The van der Waals surface area contributed by atoms with Gasteiger partial charge in [-0.3, -0.25) is 4.79 Å². The Morgan fingerprint density at radius 3 is 2.04 bits per heavy atom. The van der Waals surface area contributed by atoms with Crippen molar-refractivity contribution in [3.05, 3.63) is 56.7 Å². The van der Waals surface area contributed by atoms with Crippen LogP contribution in [0.25, 0.3) is 6.08 Å². The molecule has 0 fully saturated rings. The number of esters is 1. The summed E-state index contributed by atoms with van der Waals surface area (Å²) in [7, 11) is 5.90. The minimum Gasteiger partial charge on any atom is -0.493 e. The molecule has 0 amide bonds. The molecule has 0 N–H and O–H groups in total. The lowest BCUT2D eigenvalue weighted by molar-refractivity contribution is 0.0600. The number of allylic oxidation sites excluding steroid dienone is 1. The van der Waals surface area contributed by atoms with E-state index in [1.165, 1.54) is 34.5 Å². The van der Waals surface area contributed by atoms with Crippen molar-refractivity contribution >= 4 is 40.4 Å². The number of ether oxygens (including phenoxy) is 4. The standard InChI is InChI=1S/C20H19IO6/c1-24-17-9-12(10-18(25-2)19(17)26-3)5-8-16(22)14-7-6-13(11-15(14)21)20(23)27-4/h5-11H,1-4H3/b8-5+. The first kappa shape index (κ1) is 20.8. The summed E-state index contributed by atoms with van der Waals surface area (Å²) in [5, 5.41) is 0. The molecule has 0 spiro atoms. The number of halogens is 1. The number of methoxy groups -OCH3 is 4. The summed E-state index contributed by atoms with van der Waals surface area (Å²) >= 11 is 2.02. The van der Waals surface area contributed by atoms with Gasteiger partial charge in [-0.25, -0.2) is 4.79 Å². The van der Waals surface area contributed by atoms with Crippen LogP contribution < -0.4 is 14.2 Å². The van der Waals surface area contributed by atoms with Crippen molar-refractivity contribution in [2.75, 3.05) is 28.4 Å². The quantitative estimate of drug-likeness (QED) is 0.257. The van der Waals surface area contributed by atoms with E-state index in [-0.39, 0.29) is 5.78 Å². The van der Waals surface area contributed by atoms with Gasteiger partial charge in [0.25, 0.3) is 0 Å². The highest BCUT2D eigenvalue weighted by molar-refractivity contribution is 14.1. The molecule has 0 saturated heterocycles. The van der Waals surface area contributed by atoms with Crippen molar-refractivity contribution in [3.8, 4) is 17.2 Å². The van der Waals surface area contributed by atoms with Gasteiger partial charge in [-0.2, -0.15) is 0 Å². The molecule has 0 radical (unpaired) electrons. The van der Waals surface area contributed by atoms with E-state index in [1.807, 2.05) is 22.6 Å². The Morgan fingerprint density at radius 1 is 0.926 bits per heavy atom. The SMILES string of the molecule is COC(=O)c1ccc(C(=O)/C=C/c2cc(OC)c(OC)c(OC)c2)c(I)c1. The maximum Gasteiger partial charge on any atom is 0.337 e. The molecule has 2 aromatic rings. The molecule has 0 aliphatic heterocycles. The fourth-order valence-corrected chi connectivity index (χ4v) is 3.20. The second-order valence-electron chi connectivity index (χ2n) is 5.34. The first-order valence-corrected chi connectivity index (χ1v) is 8.93. The van der Waals surface area contributed by atoms with Crippen molar-refractivity contribution in [3.63, 3.8) is 0 Å². The van der Waals surface area contributed by atoms with Crippen molar-refractivity contribution in [1.29, 1.82) is 0 Å². The van der Waals surface area contributed by atoms with Gasteiger partial charge in [0.15, 0.2) is 17.3 Å². The van der Waals surface area contributed by atoms with Crippen LogP contribution in [0.3, 0.4) is 0 Å². The predicted octanol–water partition coefficient (Wildman–Crippen LogP) is 4.00. The first-order chi connectivity index (χ1) is 12.9. The summed E-state index contributed by atoms with van der Waals surface area (Å²) < 4.78 is 21.2. The van der Waals surface area contributed by atoms with Crippen LogP contribution in [0, 0.1) is 3.57 Å².